The number of nitrogens with zero attached hydrogens (tertiary/aromatic N) is 2. The smallest absolute Gasteiger partial charge is 0.318 e. The lowest BCUT2D eigenvalue weighted by Crippen LogP contribution is -2.35. The molecular weight excluding hydrogens is 228 g/mol. The van der Waals surface area contributed by atoms with E-state index in [1.165, 1.54) is 13.3 Å². The fraction of sp³-hybridized carbons (Fsp3) is 0.600. The van der Waals surface area contributed by atoms with Gasteiger partial charge in [0.2, 0.25) is 0 Å². The fourth-order valence-corrected chi connectivity index (χ4v) is 2.04. The van der Waals surface area contributed by atoms with Gasteiger partial charge in [-0.25, -0.2) is 4.98 Å². The number of aromatic nitrogens is 2. The maximum atomic E-state index is 6.00. The first-order chi connectivity index (χ1) is 7.70. The van der Waals surface area contributed by atoms with E-state index >= 15 is 0 Å². The van der Waals surface area contributed by atoms with Crippen LogP contribution in [0.3, 0.4) is 0 Å². The van der Waals surface area contributed by atoms with Crippen molar-refractivity contribution in [3.63, 3.8) is 0 Å². The number of nitrogens with one attached hydrogen (secondary N) is 1. The van der Waals surface area contributed by atoms with Crippen LogP contribution in [0.1, 0.15) is 19.3 Å². The van der Waals surface area contributed by atoms with Gasteiger partial charge in [-0.3, -0.25) is 0 Å². The Morgan fingerprint density at radius 3 is 3.00 bits per heavy atom. The number of anilines is 1. The minimum Gasteiger partial charge on any atom is -0.467 e. The highest BCUT2D eigenvalue weighted by Crippen LogP contribution is 2.25. The molecule has 0 aliphatic heterocycles. The van der Waals surface area contributed by atoms with Crippen LogP contribution < -0.4 is 15.8 Å². The molecule has 2 atom stereocenters. The lowest BCUT2D eigenvalue weighted by Gasteiger charge is -2.18. The summed E-state index contributed by atoms with van der Waals surface area (Å²) in [7, 11) is 1.52. The van der Waals surface area contributed by atoms with Crippen molar-refractivity contribution in [2.24, 2.45) is 5.73 Å². The van der Waals surface area contributed by atoms with E-state index in [0.717, 1.165) is 19.3 Å². The van der Waals surface area contributed by atoms with E-state index in [-0.39, 0.29) is 12.1 Å². The Morgan fingerprint density at radius 1 is 1.56 bits per heavy atom. The molecule has 6 heteroatoms. The second-order valence-electron chi connectivity index (χ2n) is 3.90. The molecule has 3 N–H and O–H groups in total. The standard InChI is InChI=1S/C10H15ClN4O/c1-16-10-13-5-6(11)9(15-10)14-8-4-2-3-7(8)12/h5,7-8H,2-4,12H2,1H3,(H,13,14,15). The van der Waals surface area contributed by atoms with Crippen molar-refractivity contribution in [1.29, 1.82) is 0 Å². The predicted octanol–water partition coefficient (Wildman–Crippen LogP) is 1.43. The fourth-order valence-electron chi connectivity index (χ4n) is 1.89. The van der Waals surface area contributed by atoms with E-state index in [9.17, 15) is 0 Å². The minimum absolute atomic E-state index is 0.164. The lowest BCUT2D eigenvalue weighted by atomic mass is 10.2. The van der Waals surface area contributed by atoms with E-state index in [4.69, 9.17) is 22.1 Å². The van der Waals surface area contributed by atoms with Crippen LogP contribution in [-0.2, 0) is 0 Å². The van der Waals surface area contributed by atoms with Crippen molar-refractivity contribution < 1.29 is 4.74 Å². The zero-order chi connectivity index (χ0) is 11.5. The van der Waals surface area contributed by atoms with Crippen LogP contribution in [0, 0.1) is 0 Å². The van der Waals surface area contributed by atoms with Gasteiger partial charge in [0.25, 0.3) is 0 Å². The van der Waals surface area contributed by atoms with Gasteiger partial charge >= 0.3 is 6.01 Å². The van der Waals surface area contributed by atoms with Gasteiger partial charge in [0.15, 0.2) is 5.82 Å². The van der Waals surface area contributed by atoms with Crippen LogP contribution in [-0.4, -0.2) is 29.2 Å². The minimum atomic E-state index is 0.164. The predicted molar refractivity (Wildman–Crippen MR) is 62.8 cm³/mol. The van der Waals surface area contributed by atoms with Gasteiger partial charge in [-0.05, 0) is 19.3 Å². The monoisotopic (exact) mass is 242 g/mol. The molecule has 16 heavy (non-hydrogen) atoms. The van der Waals surface area contributed by atoms with Crippen molar-refractivity contribution in [2.75, 3.05) is 12.4 Å². The van der Waals surface area contributed by atoms with Crippen molar-refractivity contribution in [3.8, 4) is 6.01 Å². The molecule has 0 saturated heterocycles. The molecular formula is C10H15ClN4O. The maximum absolute atomic E-state index is 6.00. The van der Waals surface area contributed by atoms with E-state index in [1.54, 1.807) is 0 Å². The number of methoxy groups -OCH3 is 1. The van der Waals surface area contributed by atoms with Gasteiger partial charge in [0, 0.05) is 12.1 Å². The Morgan fingerprint density at radius 2 is 2.38 bits per heavy atom. The number of hydrogen-bond acceptors (Lipinski definition) is 5. The number of rotatable bonds is 3. The SMILES string of the molecule is COc1ncc(Cl)c(NC2CCCC2N)n1. The molecule has 88 valence electrons. The molecule has 5 nitrogen and oxygen atoms in total. The van der Waals surface area contributed by atoms with Gasteiger partial charge in [0.05, 0.1) is 13.3 Å². The van der Waals surface area contributed by atoms with Gasteiger partial charge in [-0.1, -0.05) is 11.6 Å². The lowest BCUT2D eigenvalue weighted by molar-refractivity contribution is 0.380. The molecule has 0 aromatic carbocycles. The summed E-state index contributed by atoms with van der Waals surface area (Å²) in [4.78, 5) is 8.07. The Balaban J connectivity index is 2.13. The summed E-state index contributed by atoms with van der Waals surface area (Å²) in [6, 6.07) is 0.701. The molecule has 0 amide bonds. The summed E-state index contributed by atoms with van der Waals surface area (Å²) in [6.07, 6.45) is 4.75. The summed E-state index contributed by atoms with van der Waals surface area (Å²) < 4.78 is 4.95. The van der Waals surface area contributed by atoms with Crippen molar-refractivity contribution in [2.45, 2.75) is 31.3 Å². The Labute approximate surface area is 99.4 Å². The molecule has 1 aliphatic rings. The highest BCUT2D eigenvalue weighted by atomic mass is 35.5. The quantitative estimate of drug-likeness (QED) is 0.839. The molecule has 0 radical (unpaired) electrons. The average Bonchev–Trinajstić information content (AvgIpc) is 2.68. The van der Waals surface area contributed by atoms with Crippen LogP contribution in [0.15, 0.2) is 6.20 Å². The first-order valence-corrected chi connectivity index (χ1v) is 5.67. The van der Waals surface area contributed by atoms with E-state index in [2.05, 4.69) is 15.3 Å². The molecule has 1 aliphatic carbocycles. The van der Waals surface area contributed by atoms with Crippen molar-refractivity contribution in [1.82, 2.24) is 9.97 Å². The van der Waals surface area contributed by atoms with Crippen LogP contribution in [0.25, 0.3) is 0 Å². The zero-order valence-corrected chi connectivity index (χ0v) is 9.87. The van der Waals surface area contributed by atoms with Gasteiger partial charge < -0.3 is 15.8 Å². The topological polar surface area (TPSA) is 73.1 Å². The Bertz CT molecular complexity index is 374. The Hall–Kier alpha value is -1.07. The molecule has 2 rings (SSSR count). The first kappa shape index (κ1) is 11.4. The summed E-state index contributed by atoms with van der Waals surface area (Å²) in [5, 5.41) is 3.73. The van der Waals surface area contributed by atoms with Crippen molar-refractivity contribution >= 4 is 17.4 Å². The third-order valence-electron chi connectivity index (χ3n) is 2.80. The number of ether oxygens (including phenoxy) is 1. The third-order valence-corrected chi connectivity index (χ3v) is 3.07. The number of halogens is 1. The first-order valence-electron chi connectivity index (χ1n) is 5.29. The van der Waals surface area contributed by atoms with Gasteiger partial charge in [0.1, 0.15) is 5.02 Å². The van der Waals surface area contributed by atoms with Gasteiger partial charge in [-0.2, -0.15) is 4.98 Å². The van der Waals surface area contributed by atoms with Crippen LogP contribution in [0.2, 0.25) is 5.02 Å². The normalized spacial score (nSPS) is 24.4. The second-order valence-corrected chi connectivity index (χ2v) is 4.31. The van der Waals surface area contributed by atoms with Crippen LogP contribution in [0.5, 0.6) is 6.01 Å². The van der Waals surface area contributed by atoms with Crippen LogP contribution in [0.4, 0.5) is 5.82 Å². The molecule has 1 aromatic heterocycles. The summed E-state index contributed by atoms with van der Waals surface area (Å²) in [6.45, 7) is 0. The molecule has 2 unspecified atom stereocenters. The van der Waals surface area contributed by atoms with Gasteiger partial charge in [-0.15, -0.1) is 0 Å². The molecule has 0 spiro atoms. The summed E-state index contributed by atoms with van der Waals surface area (Å²) in [5.41, 5.74) is 5.97. The molecule has 0 bridgehead atoms. The van der Waals surface area contributed by atoms with Crippen molar-refractivity contribution in [3.05, 3.63) is 11.2 Å². The third kappa shape index (κ3) is 2.36. The van der Waals surface area contributed by atoms with E-state index in [0.29, 0.717) is 16.9 Å². The average molecular weight is 243 g/mol. The maximum Gasteiger partial charge on any atom is 0.318 e. The zero-order valence-electron chi connectivity index (χ0n) is 9.11. The number of nitrogens with two attached hydrogens (primary N) is 1. The molecule has 1 saturated carbocycles. The highest BCUT2D eigenvalue weighted by Gasteiger charge is 2.24. The molecule has 1 heterocycles. The Kier molecular flexibility index (Phi) is 3.46. The molecule has 1 aromatic rings. The number of hydrogen-bond donors (Lipinski definition) is 2. The largest absolute Gasteiger partial charge is 0.467 e. The summed E-state index contributed by atoms with van der Waals surface area (Å²) >= 11 is 6.00. The highest BCUT2D eigenvalue weighted by molar-refractivity contribution is 6.32. The van der Waals surface area contributed by atoms with Crippen LogP contribution >= 0.6 is 11.6 Å². The molecule has 1 fully saturated rings. The van der Waals surface area contributed by atoms with E-state index in [1.807, 2.05) is 0 Å². The van der Waals surface area contributed by atoms with E-state index < -0.39 is 0 Å². The second kappa shape index (κ2) is 4.84. The summed E-state index contributed by atoms with van der Waals surface area (Å²) in [5.74, 6) is 0.593.